The van der Waals surface area contributed by atoms with Gasteiger partial charge in [-0.15, -0.1) is 0 Å². The Balaban J connectivity index is 2.27. The van der Waals surface area contributed by atoms with Crippen LogP contribution in [0.2, 0.25) is 5.02 Å². The molecule has 0 saturated heterocycles. The molecule has 2 aromatic rings. The molecule has 5 nitrogen and oxygen atoms in total. The van der Waals surface area contributed by atoms with Crippen LogP contribution in [-0.2, 0) is 0 Å². The first-order valence-electron chi connectivity index (χ1n) is 4.43. The van der Waals surface area contributed by atoms with Crippen LogP contribution in [0.15, 0.2) is 35.3 Å². The third-order valence-electron chi connectivity index (χ3n) is 1.83. The van der Waals surface area contributed by atoms with Gasteiger partial charge in [0.1, 0.15) is 5.75 Å². The fraction of sp³-hybridized carbons (Fsp3) is 0. The standard InChI is InChI=1S/C10H8ClN3O2/c11-6-1-3-7(4-2-6)16-8-5-13-10(12)14-9(8)15/h1-5H,(H3,12,13,14,15). The molecule has 0 aliphatic rings. The van der Waals surface area contributed by atoms with E-state index in [2.05, 4.69) is 9.97 Å². The molecule has 0 bridgehead atoms. The van der Waals surface area contributed by atoms with Crippen molar-refractivity contribution in [3.05, 3.63) is 45.8 Å². The van der Waals surface area contributed by atoms with E-state index in [0.29, 0.717) is 10.8 Å². The summed E-state index contributed by atoms with van der Waals surface area (Å²) in [6, 6.07) is 6.63. The van der Waals surface area contributed by atoms with Crippen LogP contribution in [-0.4, -0.2) is 9.97 Å². The van der Waals surface area contributed by atoms with Crippen molar-refractivity contribution < 1.29 is 4.74 Å². The number of rotatable bonds is 2. The lowest BCUT2D eigenvalue weighted by Gasteiger charge is -2.03. The van der Waals surface area contributed by atoms with Crippen molar-refractivity contribution in [2.75, 3.05) is 5.73 Å². The van der Waals surface area contributed by atoms with Gasteiger partial charge in [-0.3, -0.25) is 9.78 Å². The van der Waals surface area contributed by atoms with Gasteiger partial charge < -0.3 is 10.5 Å². The first kappa shape index (κ1) is 10.5. The molecule has 0 saturated carbocycles. The number of nitrogens with zero attached hydrogens (tertiary/aromatic N) is 1. The van der Waals surface area contributed by atoms with Gasteiger partial charge in [0.25, 0.3) is 5.56 Å². The molecule has 82 valence electrons. The number of nitrogens with two attached hydrogens (primary N) is 1. The highest BCUT2D eigenvalue weighted by atomic mass is 35.5. The zero-order valence-electron chi connectivity index (χ0n) is 8.11. The molecule has 1 aromatic carbocycles. The monoisotopic (exact) mass is 237 g/mol. The third kappa shape index (κ3) is 2.32. The van der Waals surface area contributed by atoms with E-state index in [4.69, 9.17) is 22.1 Å². The molecule has 0 spiro atoms. The van der Waals surface area contributed by atoms with Gasteiger partial charge in [0.05, 0.1) is 6.20 Å². The number of hydrogen-bond acceptors (Lipinski definition) is 4. The average molecular weight is 238 g/mol. The molecule has 0 amide bonds. The second kappa shape index (κ2) is 4.24. The lowest BCUT2D eigenvalue weighted by molar-refractivity contribution is 0.472. The lowest BCUT2D eigenvalue weighted by Crippen LogP contribution is -2.12. The summed E-state index contributed by atoms with van der Waals surface area (Å²) in [5, 5.41) is 0.594. The second-order valence-electron chi connectivity index (χ2n) is 3.02. The van der Waals surface area contributed by atoms with Crippen molar-refractivity contribution in [1.82, 2.24) is 9.97 Å². The van der Waals surface area contributed by atoms with Crippen molar-refractivity contribution in [1.29, 1.82) is 0 Å². The Morgan fingerprint density at radius 2 is 2.00 bits per heavy atom. The normalized spacial score (nSPS) is 10.1. The van der Waals surface area contributed by atoms with Gasteiger partial charge in [-0.1, -0.05) is 11.6 Å². The first-order valence-corrected chi connectivity index (χ1v) is 4.81. The topological polar surface area (TPSA) is 81.0 Å². The zero-order chi connectivity index (χ0) is 11.5. The van der Waals surface area contributed by atoms with Crippen LogP contribution < -0.4 is 16.0 Å². The van der Waals surface area contributed by atoms with E-state index >= 15 is 0 Å². The Morgan fingerprint density at radius 1 is 1.31 bits per heavy atom. The van der Waals surface area contributed by atoms with Crippen LogP contribution in [0.5, 0.6) is 11.5 Å². The van der Waals surface area contributed by atoms with E-state index in [9.17, 15) is 4.79 Å². The summed E-state index contributed by atoms with van der Waals surface area (Å²) >= 11 is 5.71. The van der Waals surface area contributed by atoms with Crippen LogP contribution in [0.4, 0.5) is 5.95 Å². The zero-order valence-corrected chi connectivity index (χ0v) is 8.86. The highest BCUT2D eigenvalue weighted by Gasteiger charge is 2.03. The molecule has 1 aromatic heterocycles. The summed E-state index contributed by atoms with van der Waals surface area (Å²) in [6.45, 7) is 0. The van der Waals surface area contributed by atoms with Gasteiger partial charge in [-0.05, 0) is 24.3 Å². The minimum Gasteiger partial charge on any atom is -0.450 e. The van der Waals surface area contributed by atoms with E-state index < -0.39 is 5.56 Å². The Bertz CT molecular complexity index is 551. The summed E-state index contributed by atoms with van der Waals surface area (Å²) in [5.41, 5.74) is 4.87. The predicted molar refractivity (Wildman–Crippen MR) is 60.8 cm³/mol. The molecule has 0 aliphatic carbocycles. The predicted octanol–water partition coefficient (Wildman–Crippen LogP) is 1.80. The number of halogens is 1. The number of aromatic nitrogens is 2. The Hall–Kier alpha value is -2.01. The maximum atomic E-state index is 11.4. The maximum Gasteiger partial charge on any atom is 0.295 e. The van der Waals surface area contributed by atoms with Gasteiger partial charge in [0.2, 0.25) is 5.75 Å². The van der Waals surface area contributed by atoms with Crippen LogP contribution in [0.1, 0.15) is 0 Å². The highest BCUT2D eigenvalue weighted by molar-refractivity contribution is 6.30. The third-order valence-corrected chi connectivity index (χ3v) is 2.08. The van der Waals surface area contributed by atoms with Crippen molar-refractivity contribution in [3.63, 3.8) is 0 Å². The minimum atomic E-state index is -0.428. The highest BCUT2D eigenvalue weighted by Crippen LogP contribution is 2.19. The largest absolute Gasteiger partial charge is 0.450 e. The van der Waals surface area contributed by atoms with Gasteiger partial charge >= 0.3 is 0 Å². The molecule has 1 heterocycles. The minimum absolute atomic E-state index is 0.0495. The maximum absolute atomic E-state index is 11.4. The van der Waals surface area contributed by atoms with Crippen LogP contribution in [0.3, 0.4) is 0 Å². The average Bonchev–Trinajstić information content (AvgIpc) is 2.25. The molecule has 2 rings (SSSR count). The Kier molecular flexibility index (Phi) is 2.78. The van der Waals surface area contributed by atoms with E-state index in [-0.39, 0.29) is 11.7 Å². The SMILES string of the molecule is Nc1ncc(Oc2ccc(Cl)cc2)c(=O)[nH]1. The summed E-state index contributed by atoms with van der Waals surface area (Å²) in [7, 11) is 0. The number of nitrogens with one attached hydrogen (secondary N) is 1. The van der Waals surface area contributed by atoms with Crippen LogP contribution >= 0.6 is 11.6 Å². The number of anilines is 1. The number of benzene rings is 1. The quantitative estimate of drug-likeness (QED) is 0.835. The molecule has 0 unspecified atom stereocenters. The molecule has 3 N–H and O–H groups in total. The molecule has 0 aliphatic heterocycles. The summed E-state index contributed by atoms with van der Waals surface area (Å²) in [5.74, 6) is 0.631. The fourth-order valence-corrected chi connectivity index (χ4v) is 1.23. The Morgan fingerprint density at radius 3 is 2.62 bits per heavy atom. The van der Waals surface area contributed by atoms with Crippen molar-refractivity contribution in [2.45, 2.75) is 0 Å². The van der Waals surface area contributed by atoms with E-state index in [1.807, 2.05) is 0 Å². The summed E-state index contributed by atoms with van der Waals surface area (Å²) in [6.07, 6.45) is 1.27. The summed E-state index contributed by atoms with van der Waals surface area (Å²) in [4.78, 5) is 17.4. The smallest absolute Gasteiger partial charge is 0.295 e. The second-order valence-corrected chi connectivity index (χ2v) is 3.45. The molecule has 0 atom stereocenters. The van der Waals surface area contributed by atoms with E-state index in [1.165, 1.54) is 6.20 Å². The van der Waals surface area contributed by atoms with Crippen molar-refractivity contribution in [2.24, 2.45) is 0 Å². The number of aromatic amines is 1. The Labute approximate surface area is 95.8 Å². The molecular weight excluding hydrogens is 230 g/mol. The van der Waals surface area contributed by atoms with Crippen LogP contribution in [0.25, 0.3) is 0 Å². The number of ether oxygens (including phenoxy) is 1. The number of H-pyrrole nitrogens is 1. The molecule has 6 heteroatoms. The number of nitrogen functional groups attached to an aromatic ring is 1. The molecular formula is C10H8ClN3O2. The van der Waals surface area contributed by atoms with Gasteiger partial charge in [-0.25, -0.2) is 4.98 Å². The molecule has 0 fully saturated rings. The van der Waals surface area contributed by atoms with E-state index in [0.717, 1.165) is 0 Å². The number of hydrogen-bond donors (Lipinski definition) is 2. The van der Waals surface area contributed by atoms with E-state index in [1.54, 1.807) is 24.3 Å². The van der Waals surface area contributed by atoms with Gasteiger partial charge in [0, 0.05) is 5.02 Å². The van der Waals surface area contributed by atoms with Crippen LogP contribution in [0, 0.1) is 0 Å². The molecule has 0 radical (unpaired) electrons. The van der Waals surface area contributed by atoms with Crippen molar-refractivity contribution in [3.8, 4) is 11.5 Å². The lowest BCUT2D eigenvalue weighted by atomic mass is 10.3. The summed E-state index contributed by atoms with van der Waals surface area (Å²) < 4.78 is 5.30. The van der Waals surface area contributed by atoms with Crippen molar-refractivity contribution >= 4 is 17.5 Å². The van der Waals surface area contributed by atoms with Gasteiger partial charge in [-0.2, -0.15) is 0 Å². The first-order chi connectivity index (χ1) is 7.65. The fourth-order valence-electron chi connectivity index (χ4n) is 1.10. The van der Waals surface area contributed by atoms with Gasteiger partial charge in [0.15, 0.2) is 5.95 Å². The molecule has 16 heavy (non-hydrogen) atoms.